The van der Waals surface area contributed by atoms with Gasteiger partial charge in [0.1, 0.15) is 0 Å². The van der Waals surface area contributed by atoms with E-state index in [4.69, 9.17) is 5.73 Å². The molecule has 0 aliphatic heterocycles. The first-order valence-electron chi connectivity index (χ1n) is 6.29. The molecular formula is C14H18N2O2S2. The Labute approximate surface area is 123 Å². The molecule has 2 rings (SSSR count). The van der Waals surface area contributed by atoms with E-state index in [1.54, 1.807) is 19.1 Å². The van der Waals surface area contributed by atoms with Crippen LogP contribution in [0.3, 0.4) is 0 Å². The summed E-state index contributed by atoms with van der Waals surface area (Å²) in [7, 11) is -3.55. The van der Waals surface area contributed by atoms with Crippen molar-refractivity contribution in [2.75, 3.05) is 0 Å². The van der Waals surface area contributed by atoms with Crippen molar-refractivity contribution >= 4 is 21.4 Å². The van der Waals surface area contributed by atoms with Crippen molar-refractivity contribution in [2.24, 2.45) is 5.73 Å². The van der Waals surface area contributed by atoms with Crippen LogP contribution in [-0.4, -0.2) is 8.42 Å². The van der Waals surface area contributed by atoms with Gasteiger partial charge in [-0.2, -0.15) is 0 Å². The molecular weight excluding hydrogens is 292 g/mol. The summed E-state index contributed by atoms with van der Waals surface area (Å²) in [6.45, 7) is 3.94. The molecule has 0 fully saturated rings. The Hall–Kier alpha value is -1.21. The summed E-state index contributed by atoms with van der Waals surface area (Å²) >= 11 is 1.53. The summed E-state index contributed by atoms with van der Waals surface area (Å²) in [4.78, 5) is 1.28. The first kappa shape index (κ1) is 15.2. The van der Waals surface area contributed by atoms with Crippen LogP contribution in [-0.2, 0) is 16.6 Å². The maximum atomic E-state index is 12.5. The molecule has 0 aliphatic rings. The van der Waals surface area contributed by atoms with E-state index in [-0.39, 0.29) is 6.04 Å². The van der Waals surface area contributed by atoms with Crippen LogP contribution < -0.4 is 10.5 Å². The van der Waals surface area contributed by atoms with Crippen LogP contribution in [0.15, 0.2) is 40.6 Å². The number of nitrogens with one attached hydrogen (secondary N) is 1. The lowest BCUT2D eigenvalue weighted by Crippen LogP contribution is -2.27. The van der Waals surface area contributed by atoms with Gasteiger partial charge in [0.2, 0.25) is 10.0 Å². The van der Waals surface area contributed by atoms with Gasteiger partial charge in [-0.05, 0) is 42.5 Å². The Kier molecular flexibility index (Phi) is 4.59. The molecule has 2 aromatic rings. The standard InChI is InChI=1S/C14H18N2O2S2/c1-10-5-6-12(9-15)8-14(10)20(17,18)16-11(2)13-4-3-7-19-13/h3-8,11,16H,9,15H2,1-2H3. The molecule has 20 heavy (non-hydrogen) atoms. The molecule has 1 aromatic carbocycles. The third kappa shape index (κ3) is 3.27. The predicted octanol–water partition coefficient (Wildman–Crippen LogP) is 2.55. The summed E-state index contributed by atoms with van der Waals surface area (Å²) in [6, 6.07) is 8.84. The fourth-order valence-electron chi connectivity index (χ4n) is 1.95. The highest BCUT2D eigenvalue weighted by Gasteiger charge is 2.21. The molecule has 0 saturated heterocycles. The molecule has 0 saturated carbocycles. The SMILES string of the molecule is Cc1ccc(CN)cc1S(=O)(=O)NC(C)c1cccs1. The van der Waals surface area contributed by atoms with Gasteiger partial charge >= 0.3 is 0 Å². The lowest BCUT2D eigenvalue weighted by molar-refractivity contribution is 0.568. The van der Waals surface area contributed by atoms with E-state index < -0.39 is 10.0 Å². The molecule has 0 amide bonds. The minimum absolute atomic E-state index is 0.249. The summed E-state index contributed by atoms with van der Waals surface area (Å²) in [5, 5.41) is 1.93. The summed E-state index contributed by atoms with van der Waals surface area (Å²) in [5.41, 5.74) is 7.10. The summed E-state index contributed by atoms with van der Waals surface area (Å²) in [6.07, 6.45) is 0. The van der Waals surface area contributed by atoms with Gasteiger partial charge in [-0.1, -0.05) is 18.2 Å². The van der Waals surface area contributed by atoms with Gasteiger partial charge in [0.15, 0.2) is 0 Å². The van der Waals surface area contributed by atoms with E-state index in [0.717, 1.165) is 10.4 Å². The molecule has 108 valence electrons. The van der Waals surface area contributed by atoms with Crippen LogP contribution in [0, 0.1) is 6.92 Å². The Balaban J connectivity index is 2.31. The molecule has 1 aromatic heterocycles. The molecule has 1 heterocycles. The van der Waals surface area contributed by atoms with Crippen LogP contribution in [0.1, 0.15) is 29.0 Å². The van der Waals surface area contributed by atoms with E-state index in [1.165, 1.54) is 11.3 Å². The number of aryl methyl sites for hydroxylation is 1. The number of sulfonamides is 1. The topological polar surface area (TPSA) is 72.2 Å². The molecule has 0 aliphatic carbocycles. The van der Waals surface area contributed by atoms with Gasteiger partial charge in [-0.25, -0.2) is 13.1 Å². The number of nitrogens with two attached hydrogens (primary N) is 1. The Morgan fingerprint density at radius 1 is 1.35 bits per heavy atom. The lowest BCUT2D eigenvalue weighted by Gasteiger charge is -2.15. The largest absolute Gasteiger partial charge is 0.326 e. The average molecular weight is 310 g/mol. The van der Waals surface area contributed by atoms with E-state index in [9.17, 15) is 8.42 Å². The molecule has 0 radical (unpaired) electrons. The van der Waals surface area contributed by atoms with Gasteiger partial charge in [0.25, 0.3) is 0 Å². The van der Waals surface area contributed by atoms with E-state index >= 15 is 0 Å². The molecule has 0 bridgehead atoms. The van der Waals surface area contributed by atoms with Crippen molar-refractivity contribution < 1.29 is 8.42 Å². The normalized spacial score (nSPS) is 13.3. The highest BCUT2D eigenvalue weighted by molar-refractivity contribution is 7.89. The Morgan fingerprint density at radius 3 is 2.70 bits per heavy atom. The maximum Gasteiger partial charge on any atom is 0.241 e. The van der Waals surface area contributed by atoms with Crippen molar-refractivity contribution in [3.63, 3.8) is 0 Å². The molecule has 1 atom stereocenters. The van der Waals surface area contributed by atoms with E-state index in [2.05, 4.69) is 4.72 Å². The summed E-state index contributed by atoms with van der Waals surface area (Å²) in [5.74, 6) is 0. The third-order valence-corrected chi connectivity index (χ3v) is 5.82. The molecule has 1 unspecified atom stereocenters. The first-order chi connectivity index (χ1) is 9.44. The molecule has 3 N–H and O–H groups in total. The van der Waals surface area contributed by atoms with Crippen LogP contribution in [0.5, 0.6) is 0 Å². The van der Waals surface area contributed by atoms with Crippen LogP contribution in [0.25, 0.3) is 0 Å². The van der Waals surface area contributed by atoms with Crippen LogP contribution >= 0.6 is 11.3 Å². The first-order valence-corrected chi connectivity index (χ1v) is 8.65. The maximum absolute atomic E-state index is 12.5. The van der Waals surface area contributed by atoms with Gasteiger partial charge in [-0.3, -0.25) is 0 Å². The fourth-order valence-corrected chi connectivity index (χ4v) is 4.28. The Bertz CT molecular complexity index is 679. The zero-order valence-corrected chi connectivity index (χ0v) is 13.1. The third-order valence-electron chi connectivity index (χ3n) is 3.08. The zero-order valence-electron chi connectivity index (χ0n) is 11.5. The highest BCUT2D eigenvalue weighted by atomic mass is 32.2. The van der Waals surface area contributed by atoms with Gasteiger partial charge < -0.3 is 5.73 Å². The average Bonchev–Trinajstić information content (AvgIpc) is 2.92. The Morgan fingerprint density at radius 2 is 2.10 bits per heavy atom. The number of benzene rings is 1. The fraction of sp³-hybridized carbons (Fsp3) is 0.286. The second-order valence-electron chi connectivity index (χ2n) is 4.66. The van der Waals surface area contributed by atoms with Crippen LogP contribution in [0.4, 0.5) is 0 Å². The van der Waals surface area contributed by atoms with E-state index in [1.807, 2.05) is 30.5 Å². The molecule has 4 nitrogen and oxygen atoms in total. The predicted molar refractivity (Wildman–Crippen MR) is 82.1 cm³/mol. The minimum atomic E-state index is -3.55. The molecule has 0 spiro atoms. The lowest BCUT2D eigenvalue weighted by atomic mass is 10.1. The number of hydrogen-bond acceptors (Lipinski definition) is 4. The zero-order chi connectivity index (χ0) is 14.8. The number of thiophene rings is 1. The number of hydrogen-bond donors (Lipinski definition) is 2. The van der Waals surface area contributed by atoms with Crippen molar-refractivity contribution in [1.82, 2.24) is 4.72 Å². The smallest absolute Gasteiger partial charge is 0.241 e. The van der Waals surface area contributed by atoms with Crippen molar-refractivity contribution in [2.45, 2.75) is 31.3 Å². The van der Waals surface area contributed by atoms with Crippen molar-refractivity contribution in [1.29, 1.82) is 0 Å². The second-order valence-corrected chi connectivity index (χ2v) is 7.32. The quantitative estimate of drug-likeness (QED) is 0.891. The molecule has 6 heteroatoms. The summed E-state index contributed by atoms with van der Waals surface area (Å²) < 4.78 is 27.7. The van der Waals surface area contributed by atoms with Crippen molar-refractivity contribution in [3.05, 3.63) is 51.7 Å². The monoisotopic (exact) mass is 310 g/mol. The van der Waals surface area contributed by atoms with Crippen LogP contribution in [0.2, 0.25) is 0 Å². The van der Waals surface area contributed by atoms with Gasteiger partial charge in [-0.15, -0.1) is 11.3 Å². The van der Waals surface area contributed by atoms with Gasteiger partial charge in [0.05, 0.1) is 10.9 Å². The number of rotatable bonds is 5. The van der Waals surface area contributed by atoms with Gasteiger partial charge in [0, 0.05) is 11.4 Å². The minimum Gasteiger partial charge on any atom is -0.326 e. The van der Waals surface area contributed by atoms with Crippen molar-refractivity contribution in [3.8, 4) is 0 Å². The van der Waals surface area contributed by atoms with E-state index in [0.29, 0.717) is 17.0 Å². The highest BCUT2D eigenvalue weighted by Crippen LogP contribution is 2.23. The second kappa shape index (κ2) is 6.05.